The molecule has 2 rings (SSSR count). The van der Waals surface area contributed by atoms with Crippen molar-refractivity contribution < 1.29 is 14.3 Å². The number of benzene rings is 1. The van der Waals surface area contributed by atoms with Crippen molar-refractivity contribution in [1.82, 2.24) is 4.90 Å². The summed E-state index contributed by atoms with van der Waals surface area (Å²) in [7, 11) is 0. The van der Waals surface area contributed by atoms with E-state index >= 15 is 0 Å². The quantitative estimate of drug-likeness (QED) is 0.394. The molecule has 1 aliphatic heterocycles. The number of hydrogen-bond acceptors (Lipinski definition) is 3. The number of ether oxygens (including phenoxy) is 1. The van der Waals surface area contributed by atoms with Crippen molar-refractivity contribution in [2.45, 2.75) is 83.9 Å². The Kier molecular flexibility index (Phi) is 9.09. The minimum atomic E-state index is -0.295. The van der Waals surface area contributed by atoms with E-state index in [1.807, 2.05) is 43.3 Å². The third kappa shape index (κ3) is 7.20. The maximum atomic E-state index is 12.7. The Morgan fingerprint density at radius 2 is 1.89 bits per heavy atom. The second-order valence-corrected chi connectivity index (χ2v) is 7.42. The zero-order valence-electron chi connectivity index (χ0n) is 16.7. The molecule has 4 heteroatoms. The van der Waals surface area contributed by atoms with E-state index in [0.29, 0.717) is 25.0 Å². The predicted molar refractivity (Wildman–Crippen MR) is 108 cm³/mol. The molecule has 0 radical (unpaired) electrons. The summed E-state index contributed by atoms with van der Waals surface area (Å²) in [5.41, 5.74) is 0.977. The zero-order valence-corrected chi connectivity index (χ0v) is 16.7. The van der Waals surface area contributed by atoms with E-state index in [9.17, 15) is 9.59 Å². The predicted octanol–water partition coefficient (Wildman–Crippen LogP) is 5.66. The number of carbonyl (C=O) groups excluding carboxylic acids is 2. The highest BCUT2D eigenvalue weighted by atomic mass is 16.6. The smallest absolute Gasteiger partial charge is 0.410 e. The van der Waals surface area contributed by atoms with Gasteiger partial charge in [0, 0.05) is 18.9 Å². The summed E-state index contributed by atoms with van der Waals surface area (Å²) in [4.78, 5) is 26.6. The van der Waals surface area contributed by atoms with Gasteiger partial charge in [0.05, 0.1) is 6.04 Å². The third-order valence-corrected chi connectivity index (χ3v) is 5.11. The molecule has 0 bridgehead atoms. The highest BCUT2D eigenvalue weighted by molar-refractivity contribution is 5.78. The van der Waals surface area contributed by atoms with Gasteiger partial charge in [-0.05, 0) is 31.7 Å². The molecule has 0 spiro atoms. The third-order valence-electron chi connectivity index (χ3n) is 5.11. The van der Waals surface area contributed by atoms with Crippen LogP contribution in [0.5, 0.6) is 0 Å². The van der Waals surface area contributed by atoms with Gasteiger partial charge in [0.2, 0.25) is 0 Å². The van der Waals surface area contributed by atoms with Crippen molar-refractivity contribution in [2.24, 2.45) is 0 Å². The zero-order chi connectivity index (χ0) is 19.5. The molecule has 0 aliphatic carbocycles. The minimum Gasteiger partial charge on any atom is -0.445 e. The lowest BCUT2D eigenvalue weighted by atomic mass is 9.98. The Hall–Kier alpha value is -2.10. The molecule has 1 amide bonds. The van der Waals surface area contributed by atoms with Gasteiger partial charge in [0.15, 0.2) is 0 Å². The van der Waals surface area contributed by atoms with E-state index in [-0.39, 0.29) is 24.8 Å². The van der Waals surface area contributed by atoms with Crippen LogP contribution in [0.15, 0.2) is 42.5 Å². The fourth-order valence-electron chi connectivity index (χ4n) is 3.49. The first-order valence-electron chi connectivity index (χ1n) is 10.3. The first kappa shape index (κ1) is 21.2. The van der Waals surface area contributed by atoms with Crippen LogP contribution in [0.2, 0.25) is 0 Å². The van der Waals surface area contributed by atoms with Gasteiger partial charge in [-0.15, -0.1) is 0 Å². The first-order chi connectivity index (χ1) is 13.1. The largest absolute Gasteiger partial charge is 0.445 e. The van der Waals surface area contributed by atoms with Crippen molar-refractivity contribution in [2.75, 3.05) is 0 Å². The SMILES string of the molecule is CCCCCCC(=O)CC[C@H]1C=CC[C@H](C)N1C(=O)OCc1ccccc1. The van der Waals surface area contributed by atoms with Crippen LogP contribution in [0.4, 0.5) is 4.79 Å². The fraction of sp³-hybridized carbons (Fsp3) is 0.565. The van der Waals surface area contributed by atoms with Gasteiger partial charge in [-0.3, -0.25) is 9.69 Å². The summed E-state index contributed by atoms with van der Waals surface area (Å²) < 4.78 is 5.53. The molecule has 27 heavy (non-hydrogen) atoms. The molecule has 1 aromatic carbocycles. The van der Waals surface area contributed by atoms with E-state index in [0.717, 1.165) is 24.8 Å². The topological polar surface area (TPSA) is 46.6 Å². The molecule has 4 nitrogen and oxygen atoms in total. The number of carbonyl (C=O) groups is 2. The molecular formula is C23H33NO3. The van der Waals surface area contributed by atoms with E-state index < -0.39 is 0 Å². The number of rotatable bonds is 10. The Bertz CT molecular complexity index is 611. The maximum Gasteiger partial charge on any atom is 0.410 e. The molecule has 0 fully saturated rings. The summed E-state index contributed by atoms with van der Waals surface area (Å²) in [6, 6.07) is 9.73. The maximum absolute atomic E-state index is 12.7. The van der Waals surface area contributed by atoms with Crippen LogP contribution in [0.1, 0.15) is 70.8 Å². The van der Waals surface area contributed by atoms with Crippen molar-refractivity contribution in [1.29, 1.82) is 0 Å². The molecule has 1 heterocycles. The molecule has 0 saturated carbocycles. The second kappa shape index (κ2) is 11.6. The lowest BCUT2D eigenvalue weighted by molar-refractivity contribution is -0.119. The van der Waals surface area contributed by atoms with Gasteiger partial charge >= 0.3 is 6.09 Å². The van der Waals surface area contributed by atoms with Crippen molar-refractivity contribution in [3.8, 4) is 0 Å². The number of ketones is 1. The van der Waals surface area contributed by atoms with E-state index in [4.69, 9.17) is 4.74 Å². The summed E-state index contributed by atoms with van der Waals surface area (Å²) in [5.74, 6) is 0.301. The normalized spacial score (nSPS) is 19.1. The van der Waals surface area contributed by atoms with Gasteiger partial charge in [-0.1, -0.05) is 68.7 Å². The second-order valence-electron chi connectivity index (χ2n) is 7.42. The molecule has 1 aliphatic rings. The van der Waals surface area contributed by atoms with Crippen molar-refractivity contribution in [3.63, 3.8) is 0 Å². The Labute approximate surface area is 163 Å². The van der Waals surface area contributed by atoms with E-state index in [1.165, 1.54) is 12.8 Å². The molecule has 0 unspecified atom stereocenters. The number of hydrogen-bond donors (Lipinski definition) is 0. The monoisotopic (exact) mass is 371 g/mol. The van der Waals surface area contributed by atoms with Crippen LogP contribution >= 0.6 is 0 Å². The summed E-state index contributed by atoms with van der Waals surface area (Å²) >= 11 is 0. The number of unbranched alkanes of at least 4 members (excludes halogenated alkanes) is 3. The number of nitrogens with zero attached hydrogens (tertiary/aromatic N) is 1. The van der Waals surface area contributed by atoms with Gasteiger partial charge < -0.3 is 4.74 Å². The Balaban J connectivity index is 1.84. The van der Waals surface area contributed by atoms with Crippen LogP contribution in [0, 0.1) is 0 Å². The van der Waals surface area contributed by atoms with Crippen LogP contribution < -0.4 is 0 Å². The van der Waals surface area contributed by atoms with Gasteiger partial charge in [0.1, 0.15) is 12.4 Å². The molecule has 1 aromatic rings. The minimum absolute atomic E-state index is 0.0587. The first-order valence-corrected chi connectivity index (χ1v) is 10.3. The summed E-state index contributed by atoms with van der Waals surface area (Å²) in [5, 5.41) is 0. The molecule has 148 valence electrons. The van der Waals surface area contributed by atoms with Crippen LogP contribution in [0.3, 0.4) is 0 Å². The van der Waals surface area contributed by atoms with Gasteiger partial charge in [-0.2, -0.15) is 0 Å². The Morgan fingerprint density at radius 1 is 1.11 bits per heavy atom. The number of amides is 1. The van der Waals surface area contributed by atoms with Crippen LogP contribution in [-0.4, -0.2) is 28.9 Å². The molecule has 0 N–H and O–H groups in total. The standard InChI is InChI=1S/C23H33NO3/c1-3-4-5-9-15-22(25)17-16-21-14-10-11-19(2)24(21)23(26)27-18-20-12-7-6-8-13-20/h6-8,10,12-14,19,21H,3-5,9,11,15-18H2,1-2H3/t19-,21+/m0/s1. The van der Waals surface area contributed by atoms with E-state index in [1.54, 1.807) is 4.90 Å². The summed E-state index contributed by atoms with van der Waals surface area (Å²) in [6.07, 6.45) is 11.0. The lowest BCUT2D eigenvalue weighted by Crippen LogP contribution is -2.47. The van der Waals surface area contributed by atoms with Crippen LogP contribution in [0.25, 0.3) is 0 Å². The van der Waals surface area contributed by atoms with Gasteiger partial charge in [-0.25, -0.2) is 4.79 Å². The summed E-state index contributed by atoms with van der Waals surface area (Å²) in [6.45, 7) is 4.48. The van der Waals surface area contributed by atoms with E-state index in [2.05, 4.69) is 13.0 Å². The molecule has 2 atom stereocenters. The number of Topliss-reactive ketones (excluding diaryl/α,β-unsaturated/α-hetero) is 1. The highest BCUT2D eigenvalue weighted by Crippen LogP contribution is 2.22. The lowest BCUT2D eigenvalue weighted by Gasteiger charge is -2.36. The molecular weight excluding hydrogens is 338 g/mol. The molecule has 0 saturated heterocycles. The average Bonchev–Trinajstić information content (AvgIpc) is 2.68. The molecule has 0 aromatic heterocycles. The van der Waals surface area contributed by atoms with Crippen LogP contribution in [-0.2, 0) is 16.1 Å². The fourth-order valence-corrected chi connectivity index (χ4v) is 3.49. The highest BCUT2D eigenvalue weighted by Gasteiger charge is 2.30. The average molecular weight is 372 g/mol. The van der Waals surface area contributed by atoms with Crippen molar-refractivity contribution in [3.05, 3.63) is 48.0 Å². The van der Waals surface area contributed by atoms with Gasteiger partial charge in [0.25, 0.3) is 0 Å². The Morgan fingerprint density at radius 3 is 2.63 bits per heavy atom. The van der Waals surface area contributed by atoms with Crippen molar-refractivity contribution >= 4 is 11.9 Å².